The molecule has 6 rings (SSSR count). The second kappa shape index (κ2) is 9.33. The van der Waals surface area contributed by atoms with E-state index in [4.69, 9.17) is 0 Å². The topological polar surface area (TPSA) is 123 Å². The molecule has 11 heteroatoms. The first-order chi connectivity index (χ1) is 18.6. The molecule has 4 heterocycles. The van der Waals surface area contributed by atoms with Crippen LogP contribution in [0.1, 0.15) is 43.0 Å². The quantitative estimate of drug-likeness (QED) is 0.265. The Labute approximate surface area is 233 Å². The summed E-state index contributed by atoms with van der Waals surface area (Å²) in [6.07, 6.45) is 4.92. The number of nitrogens with one attached hydrogen (secondary N) is 1. The van der Waals surface area contributed by atoms with Crippen molar-refractivity contribution in [2.24, 2.45) is 5.41 Å². The highest BCUT2D eigenvalue weighted by Gasteiger charge is 2.64. The minimum atomic E-state index is -0.607. The largest absolute Gasteiger partial charge is 0.325 e. The van der Waals surface area contributed by atoms with Gasteiger partial charge in [0, 0.05) is 36.3 Å². The zero-order chi connectivity index (χ0) is 27.5. The highest BCUT2D eigenvalue weighted by atomic mass is 79.9. The predicted molar refractivity (Wildman–Crippen MR) is 148 cm³/mol. The van der Waals surface area contributed by atoms with Crippen LogP contribution >= 0.6 is 15.9 Å². The van der Waals surface area contributed by atoms with Crippen molar-refractivity contribution >= 4 is 50.2 Å². The van der Waals surface area contributed by atoms with Crippen molar-refractivity contribution in [1.82, 2.24) is 29.6 Å². The number of carbonyl (C=O) groups excluding carboxylic acids is 3. The number of nitrogens with zero attached hydrogens (tertiary/aromatic N) is 6. The number of piperidine rings is 1. The number of pyridine rings is 1. The molecule has 2 fully saturated rings. The van der Waals surface area contributed by atoms with Crippen molar-refractivity contribution in [3.8, 4) is 11.1 Å². The first-order valence-electron chi connectivity index (χ1n) is 12.7. The number of aromatic nitrogens is 5. The minimum Gasteiger partial charge on any atom is -0.325 e. The number of fused-ring (bicyclic) bond motifs is 2. The van der Waals surface area contributed by atoms with Crippen LogP contribution in [0.4, 0.5) is 5.82 Å². The number of benzene rings is 1. The molecule has 2 aliphatic rings. The normalized spacial score (nSPS) is 21.6. The molecule has 3 aromatic heterocycles. The Balaban J connectivity index is 1.29. The van der Waals surface area contributed by atoms with Crippen molar-refractivity contribution in [3.05, 3.63) is 64.9 Å². The number of ketones is 1. The summed E-state index contributed by atoms with van der Waals surface area (Å²) < 4.78 is 2.17. The Kier molecular flexibility index (Phi) is 6.05. The van der Waals surface area contributed by atoms with Gasteiger partial charge in [0.15, 0.2) is 5.78 Å². The highest BCUT2D eigenvalue weighted by molar-refractivity contribution is 9.10. The molecular weight excluding hydrogens is 562 g/mol. The van der Waals surface area contributed by atoms with Crippen molar-refractivity contribution in [2.75, 3.05) is 5.32 Å². The Morgan fingerprint density at radius 3 is 2.59 bits per heavy atom. The number of likely N-dealkylation sites (tertiary alicyclic amines) is 1. The van der Waals surface area contributed by atoms with Crippen LogP contribution in [0.2, 0.25) is 0 Å². The molecule has 2 amide bonds. The summed E-state index contributed by atoms with van der Waals surface area (Å²) >= 11 is 3.32. The lowest BCUT2D eigenvalue weighted by Crippen LogP contribution is -2.46. The third kappa shape index (κ3) is 4.60. The van der Waals surface area contributed by atoms with Gasteiger partial charge in [-0.15, -0.1) is 0 Å². The Morgan fingerprint density at radius 1 is 1.10 bits per heavy atom. The molecule has 1 saturated heterocycles. The van der Waals surface area contributed by atoms with Gasteiger partial charge in [-0.25, -0.2) is 15.0 Å². The molecule has 1 aliphatic carbocycles. The summed E-state index contributed by atoms with van der Waals surface area (Å²) in [5, 5.41) is 8.03. The lowest BCUT2D eigenvalue weighted by Gasteiger charge is -2.26. The maximum absolute atomic E-state index is 13.7. The Hall–Kier alpha value is -3.99. The van der Waals surface area contributed by atoms with Gasteiger partial charge in [0.2, 0.25) is 11.8 Å². The van der Waals surface area contributed by atoms with Crippen LogP contribution < -0.4 is 5.32 Å². The number of aryl methyl sites for hydroxylation is 1. The standard InChI is InChI=1S/C28H26BrN7O3/c1-15(37)26-19-9-17(18-12-30-16(2)31-13-18)7-8-20(19)35(34-26)14-25(38)36-21(10-28(3)11-22(28)36)27(39)33-24-6-4-5-23(29)32-24/h4-9,12-13,21-22H,10-11,14H2,1-3H3,(H,32,33,39)/t21-,22-,28+/m0/s1. The van der Waals surface area contributed by atoms with Gasteiger partial charge in [0.1, 0.15) is 34.5 Å². The number of carbonyl (C=O) groups is 3. The number of halogens is 1. The van der Waals surface area contributed by atoms with Gasteiger partial charge < -0.3 is 10.2 Å². The van der Waals surface area contributed by atoms with Crippen LogP contribution in [0.3, 0.4) is 0 Å². The molecule has 3 atom stereocenters. The lowest BCUT2D eigenvalue weighted by molar-refractivity contribution is -0.138. The predicted octanol–water partition coefficient (Wildman–Crippen LogP) is 4.18. The summed E-state index contributed by atoms with van der Waals surface area (Å²) in [4.78, 5) is 54.0. The molecule has 0 spiro atoms. The van der Waals surface area contributed by atoms with Crippen LogP contribution in [0.25, 0.3) is 22.0 Å². The van der Waals surface area contributed by atoms with E-state index in [0.29, 0.717) is 39.3 Å². The summed E-state index contributed by atoms with van der Waals surface area (Å²) in [7, 11) is 0. The van der Waals surface area contributed by atoms with Crippen LogP contribution in [-0.2, 0) is 16.1 Å². The summed E-state index contributed by atoms with van der Waals surface area (Å²) in [6.45, 7) is 5.30. The summed E-state index contributed by atoms with van der Waals surface area (Å²) in [5.74, 6) is 0.426. The number of hydrogen-bond donors (Lipinski definition) is 1. The zero-order valence-corrected chi connectivity index (χ0v) is 23.3. The summed E-state index contributed by atoms with van der Waals surface area (Å²) in [6, 6.07) is 10.3. The molecule has 1 saturated carbocycles. The lowest BCUT2D eigenvalue weighted by atomic mass is 10.0. The van der Waals surface area contributed by atoms with E-state index in [-0.39, 0.29) is 35.6 Å². The molecule has 1 aromatic carbocycles. The van der Waals surface area contributed by atoms with Gasteiger partial charge in [-0.1, -0.05) is 19.1 Å². The maximum atomic E-state index is 13.7. The highest BCUT2D eigenvalue weighted by Crippen LogP contribution is 2.59. The number of anilines is 1. The third-order valence-corrected chi connectivity index (χ3v) is 8.12. The van der Waals surface area contributed by atoms with Crippen LogP contribution in [0.5, 0.6) is 0 Å². The van der Waals surface area contributed by atoms with Gasteiger partial charge in [-0.05, 0) is 70.9 Å². The second-order valence-corrected chi connectivity index (χ2v) is 11.4. The van der Waals surface area contributed by atoms with Gasteiger partial charge in [-0.3, -0.25) is 19.1 Å². The number of Topliss-reactive ketones (excluding diaryl/α,β-unsaturated/α-hetero) is 1. The van der Waals surface area contributed by atoms with Crippen molar-refractivity contribution < 1.29 is 14.4 Å². The first kappa shape index (κ1) is 25.3. The number of hydrogen-bond acceptors (Lipinski definition) is 7. The van der Waals surface area contributed by atoms with E-state index in [2.05, 4.69) is 48.2 Å². The number of amides is 2. The van der Waals surface area contributed by atoms with Crippen molar-refractivity contribution in [1.29, 1.82) is 0 Å². The monoisotopic (exact) mass is 587 g/mol. The minimum absolute atomic E-state index is 0.00142. The molecule has 39 heavy (non-hydrogen) atoms. The molecule has 0 bridgehead atoms. The molecule has 10 nitrogen and oxygen atoms in total. The third-order valence-electron chi connectivity index (χ3n) is 7.68. The molecule has 0 radical (unpaired) electrons. The fraction of sp³-hybridized carbons (Fsp3) is 0.321. The van der Waals surface area contributed by atoms with E-state index in [1.807, 2.05) is 25.1 Å². The Morgan fingerprint density at radius 2 is 1.87 bits per heavy atom. The van der Waals surface area contributed by atoms with Crippen LogP contribution in [0, 0.1) is 12.3 Å². The number of rotatable bonds is 6. The molecule has 1 N–H and O–H groups in total. The molecule has 0 unspecified atom stereocenters. The first-order valence-corrected chi connectivity index (χ1v) is 13.5. The van der Waals surface area contributed by atoms with E-state index < -0.39 is 6.04 Å². The fourth-order valence-corrected chi connectivity index (χ4v) is 5.88. The molecule has 4 aromatic rings. The second-order valence-electron chi connectivity index (χ2n) is 10.5. The Bertz CT molecular complexity index is 1650. The van der Waals surface area contributed by atoms with Crippen molar-refractivity contribution in [3.63, 3.8) is 0 Å². The molecule has 1 aliphatic heterocycles. The zero-order valence-electron chi connectivity index (χ0n) is 21.7. The van der Waals surface area contributed by atoms with Gasteiger partial charge in [-0.2, -0.15) is 5.10 Å². The average Bonchev–Trinajstić information content (AvgIpc) is 3.26. The molecule has 198 valence electrons. The van der Waals surface area contributed by atoms with E-state index in [0.717, 1.165) is 17.5 Å². The average molecular weight is 588 g/mol. The van der Waals surface area contributed by atoms with E-state index in [1.54, 1.807) is 40.2 Å². The van der Waals surface area contributed by atoms with E-state index in [9.17, 15) is 14.4 Å². The van der Waals surface area contributed by atoms with E-state index >= 15 is 0 Å². The van der Waals surface area contributed by atoms with E-state index in [1.165, 1.54) is 6.92 Å². The van der Waals surface area contributed by atoms with Crippen molar-refractivity contribution in [2.45, 2.75) is 52.2 Å². The summed E-state index contributed by atoms with van der Waals surface area (Å²) in [5.41, 5.74) is 2.55. The SMILES string of the molecule is CC(=O)c1nn(CC(=O)N2[C@H]3C[C@@]3(C)C[C@H]2C(=O)Nc2cccc(Br)n2)c2ccc(-c3cnc(C)nc3)cc12. The maximum Gasteiger partial charge on any atom is 0.248 e. The van der Waals surface area contributed by atoms with Gasteiger partial charge >= 0.3 is 0 Å². The van der Waals surface area contributed by atoms with Crippen LogP contribution in [-0.4, -0.2) is 59.3 Å². The fourth-order valence-electron chi connectivity index (χ4n) is 5.54. The van der Waals surface area contributed by atoms with Gasteiger partial charge in [0.25, 0.3) is 0 Å². The van der Waals surface area contributed by atoms with Crippen LogP contribution in [0.15, 0.2) is 53.4 Å². The smallest absolute Gasteiger partial charge is 0.248 e. The van der Waals surface area contributed by atoms with Gasteiger partial charge in [0.05, 0.1) is 5.52 Å². The molecular formula is C28H26BrN7O3.